The molecule has 0 saturated carbocycles. The third-order valence-electron chi connectivity index (χ3n) is 10.7. The Bertz CT molecular complexity index is 2430. The van der Waals surface area contributed by atoms with Gasteiger partial charge in [0.15, 0.2) is 11.2 Å². The number of oxazole rings is 2. The molecule has 4 heterocycles. The summed E-state index contributed by atoms with van der Waals surface area (Å²) in [5.74, 6) is -0.279. The molecule has 0 spiro atoms. The highest BCUT2D eigenvalue weighted by Crippen LogP contribution is 2.39. The van der Waals surface area contributed by atoms with Gasteiger partial charge in [-0.05, 0) is 105 Å². The van der Waals surface area contributed by atoms with E-state index in [2.05, 4.69) is 17.9 Å². The average molecular weight is 718 g/mol. The molecule has 2 aliphatic rings. The fourth-order valence-electron chi connectivity index (χ4n) is 7.69. The summed E-state index contributed by atoms with van der Waals surface area (Å²) in [6.07, 6.45) is 2.36. The highest BCUT2D eigenvalue weighted by molar-refractivity contribution is 5.86. The van der Waals surface area contributed by atoms with Crippen molar-refractivity contribution in [2.45, 2.75) is 71.8 Å². The number of hydrogen-bond acceptors (Lipinski definition) is 9. The molecule has 2 aromatic heterocycles. The number of carbonyl (C=O) groups is 1. The molecule has 1 N–H and O–H groups in total. The van der Waals surface area contributed by atoms with Crippen LogP contribution in [0.25, 0.3) is 56.2 Å². The number of alkyl halides is 2. The van der Waals surface area contributed by atoms with E-state index in [1.54, 1.807) is 11.0 Å². The predicted octanol–water partition coefficient (Wildman–Crippen LogP) is 8.70. The van der Waals surface area contributed by atoms with Crippen molar-refractivity contribution in [3.63, 3.8) is 0 Å². The zero-order valence-electron chi connectivity index (χ0n) is 29.5. The average Bonchev–Trinajstić information content (AvgIpc) is 3.88. The SMILES string of the molecule is Cc1c(-c2nc3cc(CN4CCC[C@H]4C(=O)O)c(OC(F)F)cc3o2)cccc1-c1cccc(-c2nc3cc(CN4CCC4C)cc(C#N)c3o2)c1C. The lowest BCUT2D eigenvalue weighted by Crippen LogP contribution is -2.44. The fraction of sp³-hybridized carbons (Fsp3) is 0.317. The molecule has 53 heavy (non-hydrogen) atoms. The van der Waals surface area contributed by atoms with E-state index in [0.717, 1.165) is 52.0 Å². The van der Waals surface area contributed by atoms with Gasteiger partial charge in [0.25, 0.3) is 0 Å². The lowest BCUT2D eigenvalue weighted by molar-refractivity contribution is -0.142. The Labute approximate surface area is 304 Å². The van der Waals surface area contributed by atoms with Crippen LogP contribution in [-0.2, 0) is 17.9 Å². The van der Waals surface area contributed by atoms with Crippen LogP contribution in [0.15, 0.2) is 69.5 Å². The predicted molar refractivity (Wildman–Crippen MR) is 194 cm³/mol. The fourth-order valence-corrected chi connectivity index (χ4v) is 7.69. The number of nitriles is 1. The van der Waals surface area contributed by atoms with Crippen molar-refractivity contribution >= 4 is 28.2 Å². The molecule has 2 saturated heterocycles. The Morgan fingerprint density at radius 3 is 2.23 bits per heavy atom. The van der Waals surface area contributed by atoms with E-state index >= 15 is 0 Å². The highest BCUT2D eigenvalue weighted by Gasteiger charge is 2.32. The number of likely N-dealkylation sites (tertiary alicyclic amines) is 2. The molecule has 2 aliphatic heterocycles. The largest absolute Gasteiger partial charge is 0.480 e. The molecule has 0 radical (unpaired) electrons. The van der Waals surface area contributed by atoms with E-state index in [9.17, 15) is 23.9 Å². The third kappa shape index (κ3) is 6.40. The molecule has 0 amide bonds. The van der Waals surface area contributed by atoms with Crippen LogP contribution in [0.5, 0.6) is 5.75 Å². The summed E-state index contributed by atoms with van der Waals surface area (Å²) in [5.41, 5.74) is 8.95. The molecule has 10 nitrogen and oxygen atoms in total. The van der Waals surface area contributed by atoms with Crippen molar-refractivity contribution in [1.29, 1.82) is 5.26 Å². The maximum atomic E-state index is 13.5. The maximum Gasteiger partial charge on any atom is 0.387 e. The first-order valence-electron chi connectivity index (χ1n) is 17.7. The van der Waals surface area contributed by atoms with E-state index in [0.29, 0.717) is 65.0 Å². The third-order valence-corrected chi connectivity index (χ3v) is 10.7. The van der Waals surface area contributed by atoms with Gasteiger partial charge in [-0.25, -0.2) is 9.97 Å². The minimum absolute atomic E-state index is 0.0767. The number of aromatic nitrogens is 2. The van der Waals surface area contributed by atoms with E-state index in [1.807, 2.05) is 62.4 Å². The van der Waals surface area contributed by atoms with Gasteiger partial charge in [-0.2, -0.15) is 14.0 Å². The van der Waals surface area contributed by atoms with Crippen molar-refractivity contribution < 1.29 is 32.3 Å². The second-order valence-corrected chi connectivity index (χ2v) is 14.0. The molecule has 4 aromatic carbocycles. The van der Waals surface area contributed by atoms with E-state index in [-0.39, 0.29) is 17.9 Å². The van der Waals surface area contributed by atoms with Gasteiger partial charge in [-0.15, -0.1) is 0 Å². The summed E-state index contributed by atoms with van der Waals surface area (Å²) < 4.78 is 44.3. The number of aliphatic carboxylic acids is 1. The summed E-state index contributed by atoms with van der Waals surface area (Å²) in [5, 5.41) is 19.6. The number of ether oxygens (including phenoxy) is 1. The van der Waals surface area contributed by atoms with Gasteiger partial charge in [0.1, 0.15) is 28.9 Å². The first-order chi connectivity index (χ1) is 25.6. The molecule has 270 valence electrons. The molecule has 6 aromatic rings. The van der Waals surface area contributed by atoms with Crippen molar-refractivity contribution in [2.24, 2.45) is 0 Å². The Morgan fingerprint density at radius 2 is 1.60 bits per heavy atom. The molecule has 0 aliphatic carbocycles. The molecule has 12 heteroatoms. The second-order valence-electron chi connectivity index (χ2n) is 14.0. The van der Waals surface area contributed by atoms with Crippen LogP contribution in [0.4, 0.5) is 8.78 Å². The number of fused-ring (bicyclic) bond motifs is 2. The van der Waals surface area contributed by atoms with Gasteiger partial charge in [0.05, 0.1) is 5.56 Å². The lowest BCUT2D eigenvalue weighted by atomic mass is 9.91. The van der Waals surface area contributed by atoms with Crippen molar-refractivity contribution in [1.82, 2.24) is 19.8 Å². The number of carboxylic acids is 1. The number of rotatable bonds is 10. The quantitative estimate of drug-likeness (QED) is 0.147. The van der Waals surface area contributed by atoms with Crippen LogP contribution < -0.4 is 4.74 Å². The van der Waals surface area contributed by atoms with E-state index < -0.39 is 18.6 Å². The van der Waals surface area contributed by atoms with Gasteiger partial charge in [0, 0.05) is 48.4 Å². The van der Waals surface area contributed by atoms with Crippen LogP contribution in [0.3, 0.4) is 0 Å². The van der Waals surface area contributed by atoms with Crippen LogP contribution in [0.1, 0.15) is 54.0 Å². The molecular weight excluding hydrogens is 680 g/mol. The van der Waals surface area contributed by atoms with Crippen molar-refractivity contribution in [3.05, 3.63) is 88.5 Å². The summed E-state index contributed by atoms with van der Waals surface area (Å²) in [4.78, 5) is 25.5. The molecule has 1 unspecified atom stereocenters. The van der Waals surface area contributed by atoms with Gasteiger partial charge in [0.2, 0.25) is 11.8 Å². The zero-order chi connectivity index (χ0) is 37.0. The second kappa shape index (κ2) is 13.7. The molecule has 0 bridgehead atoms. The Balaban J connectivity index is 1.13. The van der Waals surface area contributed by atoms with E-state index in [4.69, 9.17) is 23.5 Å². The number of benzene rings is 4. The van der Waals surface area contributed by atoms with E-state index in [1.165, 1.54) is 12.5 Å². The van der Waals surface area contributed by atoms with Gasteiger partial charge in [-0.1, -0.05) is 24.3 Å². The summed E-state index contributed by atoms with van der Waals surface area (Å²) in [7, 11) is 0. The molecule has 2 atom stereocenters. The first-order valence-corrected chi connectivity index (χ1v) is 17.7. The maximum absolute atomic E-state index is 13.5. The zero-order valence-corrected chi connectivity index (χ0v) is 29.5. The van der Waals surface area contributed by atoms with Crippen molar-refractivity contribution in [3.8, 4) is 45.9 Å². The van der Waals surface area contributed by atoms with Gasteiger partial charge >= 0.3 is 12.6 Å². The Kier molecular flexibility index (Phi) is 8.92. The lowest BCUT2D eigenvalue weighted by Gasteiger charge is -2.38. The number of halogens is 2. The van der Waals surface area contributed by atoms with Gasteiger partial charge in [-0.3, -0.25) is 14.6 Å². The minimum Gasteiger partial charge on any atom is -0.480 e. The highest BCUT2D eigenvalue weighted by atomic mass is 19.3. The van der Waals surface area contributed by atoms with Crippen molar-refractivity contribution in [2.75, 3.05) is 13.1 Å². The standard InChI is InChI=1S/C41H37F2N5O5/c1-22-12-14-47(22)20-25-15-26(19-44)37-33(16-25)46-39(53-37)31-10-5-8-29(24(31)3)28-7-4-9-30(23(28)2)38-45-32-17-27(21-48-13-6-11-34(48)40(49)50)35(52-41(42)43)18-36(32)51-38/h4-5,7-10,15-18,22,34,41H,6,11-14,20-21H2,1-3H3,(H,49,50)/t22?,34-/m0/s1. The number of nitrogens with zero attached hydrogens (tertiary/aromatic N) is 5. The van der Waals surface area contributed by atoms with Crippen LogP contribution >= 0.6 is 0 Å². The first kappa shape index (κ1) is 34.4. The summed E-state index contributed by atoms with van der Waals surface area (Å²) in [6.45, 7) is 5.57. The molecule has 2 fully saturated rings. The van der Waals surface area contributed by atoms with Gasteiger partial charge < -0.3 is 18.7 Å². The minimum atomic E-state index is -3.07. The number of hydrogen-bond donors (Lipinski definition) is 1. The Morgan fingerprint density at radius 1 is 0.925 bits per heavy atom. The topological polar surface area (TPSA) is 129 Å². The summed E-state index contributed by atoms with van der Waals surface area (Å²) >= 11 is 0. The van der Waals surface area contributed by atoms with Crippen LogP contribution in [-0.4, -0.2) is 62.6 Å². The van der Waals surface area contributed by atoms with Crippen LogP contribution in [0.2, 0.25) is 0 Å². The monoisotopic (exact) mass is 717 g/mol. The molecular formula is C41H37F2N5O5. The normalized spacial score (nSPS) is 17.8. The molecule has 8 rings (SSSR count). The number of carboxylic acid groups (broad SMARTS) is 1. The Hall–Kier alpha value is -5.64. The smallest absolute Gasteiger partial charge is 0.387 e. The summed E-state index contributed by atoms with van der Waals surface area (Å²) in [6, 6.07) is 20.8. The van der Waals surface area contributed by atoms with Crippen LogP contribution in [0, 0.1) is 25.2 Å².